The Morgan fingerprint density at radius 2 is 1.69 bits per heavy atom. The summed E-state index contributed by atoms with van der Waals surface area (Å²) in [4.78, 5) is 0. The normalized spacial score (nSPS) is 10.6. The first-order valence-corrected chi connectivity index (χ1v) is 5.48. The molecule has 0 bridgehead atoms. The molecule has 0 radical (unpaired) electrons. The fourth-order valence-electron chi connectivity index (χ4n) is 0.644. The largest absolute Gasteiger partial charge is 0.391 e. The molecule has 2 nitrogen and oxygen atoms in total. The number of unbranched alkanes of at least 4 members (excludes halogenated alkanes) is 2. The summed E-state index contributed by atoms with van der Waals surface area (Å²) in [6.45, 7) is 3.29. The van der Waals surface area contributed by atoms with Gasteiger partial charge in [-0.05, 0) is 6.42 Å². The van der Waals surface area contributed by atoms with Crippen LogP contribution in [0.25, 0.3) is 0 Å². The van der Waals surface area contributed by atoms with Gasteiger partial charge in [-0.15, -0.1) is 11.6 Å². The highest BCUT2D eigenvalue weighted by molar-refractivity contribution is 6.17. The van der Waals surface area contributed by atoms with Gasteiger partial charge in [-0.1, -0.05) is 19.8 Å². The second-order valence-electron chi connectivity index (χ2n) is 4.13. The monoisotopic (exact) mass is 210 g/mol. The number of aliphatic hydroxyl groups is 1. The fourth-order valence-corrected chi connectivity index (χ4v) is 0.833. The molecule has 0 saturated carbocycles. The van der Waals surface area contributed by atoms with Gasteiger partial charge in [-0.2, -0.15) is 0 Å². The molecule has 0 aromatic rings. The molecule has 0 heterocycles. The van der Waals surface area contributed by atoms with Crippen LogP contribution in [-0.2, 0) is 0 Å². The Kier molecular flexibility index (Phi) is 12.4. The summed E-state index contributed by atoms with van der Waals surface area (Å²) in [7, 11) is 6.16. The molecule has 82 valence electrons. The lowest BCUT2D eigenvalue weighted by molar-refractivity contribution is -0.870. The van der Waals surface area contributed by atoms with Crippen LogP contribution < -0.4 is 0 Å². The van der Waals surface area contributed by atoms with Crippen molar-refractivity contribution in [3.8, 4) is 0 Å². The van der Waals surface area contributed by atoms with Crippen LogP contribution in [0.3, 0.4) is 0 Å². The zero-order valence-corrected chi connectivity index (χ0v) is 10.3. The number of alkyl halides is 1. The highest BCUT2D eigenvalue weighted by atomic mass is 35.5. The molecule has 0 saturated heterocycles. The lowest BCUT2D eigenvalue weighted by Gasteiger charge is -2.21. The topological polar surface area (TPSA) is 20.2 Å². The van der Waals surface area contributed by atoms with Crippen molar-refractivity contribution in [3.05, 3.63) is 0 Å². The van der Waals surface area contributed by atoms with E-state index in [-0.39, 0.29) is 6.61 Å². The Morgan fingerprint density at radius 3 is 1.77 bits per heavy atom. The minimum Gasteiger partial charge on any atom is -0.391 e. The van der Waals surface area contributed by atoms with Crippen molar-refractivity contribution < 1.29 is 9.59 Å². The van der Waals surface area contributed by atoms with Gasteiger partial charge in [0.15, 0.2) is 0 Å². The van der Waals surface area contributed by atoms with Crippen LogP contribution in [0.4, 0.5) is 0 Å². The molecule has 13 heavy (non-hydrogen) atoms. The first-order chi connectivity index (χ1) is 5.97. The van der Waals surface area contributed by atoms with E-state index in [2.05, 4.69) is 28.1 Å². The molecular formula is C10H25ClNO+. The molecule has 0 atom stereocenters. The summed E-state index contributed by atoms with van der Waals surface area (Å²) in [6, 6.07) is 0. The molecule has 0 rings (SSSR count). The van der Waals surface area contributed by atoms with Crippen LogP contribution in [0.5, 0.6) is 0 Å². The molecule has 0 aliphatic rings. The van der Waals surface area contributed by atoms with Crippen LogP contribution >= 0.6 is 11.6 Å². The molecule has 0 aromatic carbocycles. The van der Waals surface area contributed by atoms with Crippen molar-refractivity contribution in [2.45, 2.75) is 26.2 Å². The number of nitrogens with zero attached hydrogens (tertiary/aromatic N) is 1. The van der Waals surface area contributed by atoms with Gasteiger partial charge < -0.3 is 9.59 Å². The summed E-state index contributed by atoms with van der Waals surface area (Å²) in [6.07, 6.45) is 3.73. The number of halogens is 1. The van der Waals surface area contributed by atoms with Gasteiger partial charge in [-0.25, -0.2) is 0 Å². The predicted octanol–water partition coefficient (Wildman–Crippen LogP) is 2.10. The summed E-state index contributed by atoms with van der Waals surface area (Å²) in [5.41, 5.74) is 0. The second kappa shape index (κ2) is 10.3. The van der Waals surface area contributed by atoms with Crippen LogP contribution in [-0.4, -0.2) is 49.8 Å². The van der Waals surface area contributed by atoms with Crippen molar-refractivity contribution in [1.29, 1.82) is 0 Å². The highest BCUT2D eigenvalue weighted by Crippen LogP contribution is 1.93. The van der Waals surface area contributed by atoms with E-state index >= 15 is 0 Å². The zero-order chi connectivity index (χ0) is 10.7. The van der Waals surface area contributed by atoms with Crippen molar-refractivity contribution in [3.63, 3.8) is 0 Å². The van der Waals surface area contributed by atoms with Crippen molar-refractivity contribution in [1.82, 2.24) is 0 Å². The van der Waals surface area contributed by atoms with Crippen LogP contribution in [0.1, 0.15) is 26.2 Å². The summed E-state index contributed by atoms with van der Waals surface area (Å²) in [5, 5.41) is 8.39. The number of quaternary nitrogens is 1. The highest BCUT2D eigenvalue weighted by Gasteiger charge is 2.02. The van der Waals surface area contributed by atoms with Crippen LogP contribution in [0, 0.1) is 0 Å². The summed E-state index contributed by atoms with van der Waals surface area (Å²) < 4.78 is 0.844. The molecule has 0 spiro atoms. The lowest BCUT2D eigenvalue weighted by atomic mass is 10.3. The zero-order valence-electron chi connectivity index (χ0n) is 9.52. The molecule has 0 aliphatic heterocycles. The molecule has 0 aromatic heterocycles. The van der Waals surface area contributed by atoms with Gasteiger partial charge in [0.25, 0.3) is 0 Å². The maximum atomic E-state index is 8.39. The van der Waals surface area contributed by atoms with Crippen molar-refractivity contribution in [2.75, 3.05) is 40.2 Å². The maximum Gasteiger partial charge on any atom is 0.101 e. The van der Waals surface area contributed by atoms with E-state index < -0.39 is 0 Å². The molecule has 0 fully saturated rings. The van der Waals surface area contributed by atoms with Gasteiger partial charge in [0, 0.05) is 5.88 Å². The van der Waals surface area contributed by atoms with E-state index in [0.717, 1.165) is 16.9 Å². The van der Waals surface area contributed by atoms with Crippen LogP contribution in [0.2, 0.25) is 0 Å². The molecule has 0 unspecified atom stereocenters. The minimum atomic E-state index is 0.281. The second-order valence-corrected chi connectivity index (χ2v) is 4.51. The molecular weight excluding hydrogens is 186 g/mol. The lowest BCUT2D eigenvalue weighted by Crippen LogP contribution is -2.36. The SMILES string of the molecule is CCCCCCl.C[N+](C)(C)CCO. The number of hydrogen-bond donors (Lipinski definition) is 1. The Morgan fingerprint density at radius 1 is 1.15 bits per heavy atom. The number of hydrogen-bond acceptors (Lipinski definition) is 1. The van der Waals surface area contributed by atoms with Gasteiger partial charge in [0.1, 0.15) is 6.54 Å². The van der Waals surface area contributed by atoms with Gasteiger partial charge >= 0.3 is 0 Å². The Balaban J connectivity index is 0. The third-order valence-electron chi connectivity index (χ3n) is 1.51. The van der Waals surface area contributed by atoms with E-state index in [4.69, 9.17) is 16.7 Å². The van der Waals surface area contributed by atoms with Crippen LogP contribution in [0.15, 0.2) is 0 Å². The third kappa shape index (κ3) is 24.5. The Bertz CT molecular complexity index is 87.4. The van der Waals surface area contributed by atoms with Gasteiger partial charge in [0.05, 0.1) is 27.7 Å². The smallest absolute Gasteiger partial charge is 0.101 e. The van der Waals surface area contributed by atoms with E-state index in [0.29, 0.717) is 0 Å². The number of aliphatic hydroxyl groups excluding tert-OH is 1. The van der Waals surface area contributed by atoms with E-state index in [1.54, 1.807) is 0 Å². The Labute approximate surface area is 88.1 Å². The quantitative estimate of drug-likeness (QED) is 0.419. The Hall–Kier alpha value is 0.210. The molecule has 1 N–H and O–H groups in total. The minimum absolute atomic E-state index is 0.281. The molecule has 3 heteroatoms. The van der Waals surface area contributed by atoms with E-state index in [1.165, 1.54) is 19.3 Å². The molecule has 0 aliphatic carbocycles. The first-order valence-electron chi connectivity index (χ1n) is 4.95. The maximum absolute atomic E-state index is 8.39. The predicted molar refractivity (Wildman–Crippen MR) is 60.2 cm³/mol. The van der Waals surface area contributed by atoms with Gasteiger partial charge in [-0.3, -0.25) is 0 Å². The van der Waals surface area contributed by atoms with E-state index in [9.17, 15) is 0 Å². The van der Waals surface area contributed by atoms with Crippen molar-refractivity contribution >= 4 is 11.6 Å². The molecule has 0 amide bonds. The third-order valence-corrected chi connectivity index (χ3v) is 1.78. The van der Waals surface area contributed by atoms with E-state index in [1.807, 2.05) is 0 Å². The van der Waals surface area contributed by atoms with Gasteiger partial charge in [0.2, 0.25) is 0 Å². The summed E-state index contributed by atoms with van der Waals surface area (Å²) in [5.74, 6) is 0.827. The van der Waals surface area contributed by atoms with Crippen molar-refractivity contribution in [2.24, 2.45) is 0 Å². The first kappa shape index (κ1) is 15.7. The standard InChI is InChI=1S/C5H11Cl.C5H14NO/c1-2-3-4-5-6;1-6(2,3)4-5-7/h2-5H2,1H3;7H,4-5H2,1-3H3/q;+1. The average Bonchev–Trinajstić information content (AvgIpc) is 1.99. The number of rotatable bonds is 5. The average molecular weight is 211 g/mol. The fraction of sp³-hybridized carbons (Fsp3) is 1.00. The summed E-state index contributed by atoms with van der Waals surface area (Å²) >= 11 is 5.38. The number of likely N-dealkylation sites (N-methyl/N-ethyl adjacent to an activating group) is 1.